The van der Waals surface area contributed by atoms with Crippen LogP contribution in [-0.2, 0) is 9.53 Å². The fourth-order valence-corrected chi connectivity index (χ4v) is 2.46. The maximum atomic E-state index is 10.6. The topological polar surface area (TPSA) is 57.2 Å². The largest absolute Gasteiger partial charge is 0.466 e. The molecule has 2 N–H and O–H groups in total. The van der Waals surface area contributed by atoms with Gasteiger partial charge in [0.15, 0.2) is 0 Å². The van der Waals surface area contributed by atoms with E-state index in [0.717, 1.165) is 0 Å². The van der Waals surface area contributed by atoms with Gasteiger partial charge >= 0.3 is 5.97 Å². The first-order valence-electron chi connectivity index (χ1n) is 7.62. The summed E-state index contributed by atoms with van der Waals surface area (Å²) in [7, 11) is 1.33. The molecule has 0 bridgehead atoms. The number of methoxy groups -OCH3 is 1. The summed E-state index contributed by atoms with van der Waals surface area (Å²) in [4.78, 5) is 10.6. The van der Waals surface area contributed by atoms with Crippen LogP contribution in [0.15, 0.2) is 66.4 Å². The summed E-state index contributed by atoms with van der Waals surface area (Å²) in [6.07, 6.45) is 1.87. The average Bonchev–Trinajstić information content (AvgIpc) is 2.94. The molecule has 4 nitrogen and oxygen atoms in total. The second-order valence-electron chi connectivity index (χ2n) is 5.39. The van der Waals surface area contributed by atoms with Crippen molar-refractivity contribution in [3.8, 4) is 0 Å². The van der Waals surface area contributed by atoms with E-state index >= 15 is 0 Å². The standard InChI is InChI=1S/C14H11N.C6H11NO2/c1-2-15-13-9-5-3-7-11(13)12-8-4-6-10-14(12)15;1-4(5(2)7)6(8)9-3/h2-10H,1H2;7H2,1-3H3. The molecular formula is C20H22N2O2. The molecule has 4 heteroatoms. The van der Waals surface area contributed by atoms with Gasteiger partial charge < -0.3 is 15.0 Å². The number of carbonyl (C=O) groups excluding carboxylic acids is 1. The Hall–Kier alpha value is -3.01. The highest BCUT2D eigenvalue weighted by atomic mass is 16.5. The van der Waals surface area contributed by atoms with Crippen molar-refractivity contribution < 1.29 is 9.53 Å². The molecule has 0 fully saturated rings. The summed E-state index contributed by atoms with van der Waals surface area (Å²) in [5, 5.41) is 2.57. The Morgan fingerprint density at radius 3 is 1.83 bits per heavy atom. The number of fused-ring (bicyclic) bond motifs is 3. The molecule has 0 atom stereocenters. The average molecular weight is 322 g/mol. The molecule has 0 saturated heterocycles. The molecule has 2 aromatic carbocycles. The number of ether oxygens (including phenoxy) is 1. The van der Waals surface area contributed by atoms with Crippen molar-refractivity contribution >= 4 is 34.0 Å². The molecule has 0 amide bonds. The van der Waals surface area contributed by atoms with Crippen LogP contribution in [0.1, 0.15) is 13.8 Å². The molecule has 0 saturated carbocycles. The number of benzene rings is 2. The SMILES string of the molecule is C=Cn1c2ccccc2c2ccccc21.COC(=O)C(C)=C(C)N. The Labute approximate surface area is 141 Å². The molecule has 3 aromatic rings. The zero-order valence-electron chi connectivity index (χ0n) is 14.2. The van der Waals surface area contributed by atoms with E-state index in [1.54, 1.807) is 13.8 Å². The van der Waals surface area contributed by atoms with Crippen LogP contribution in [0.4, 0.5) is 0 Å². The number of esters is 1. The minimum Gasteiger partial charge on any atom is -0.466 e. The summed E-state index contributed by atoms with van der Waals surface area (Å²) >= 11 is 0. The third-order valence-electron chi connectivity index (χ3n) is 3.88. The predicted molar refractivity (Wildman–Crippen MR) is 100 cm³/mol. The van der Waals surface area contributed by atoms with Gasteiger partial charge in [-0.3, -0.25) is 0 Å². The van der Waals surface area contributed by atoms with Crippen LogP contribution in [0.3, 0.4) is 0 Å². The molecule has 0 aliphatic heterocycles. The van der Waals surface area contributed by atoms with Crippen LogP contribution in [0.5, 0.6) is 0 Å². The second-order valence-corrected chi connectivity index (χ2v) is 5.39. The number of nitrogens with zero attached hydrogens (tertiary/aromatic N) is 1. The summed E-state index contributed by atoms with van der Waals surface area (Å²) in [5.74, 6) is -0.366. The Morgan fingerprint density at radius 2 is 1.50 bits per heavy atom. The van der Waals surface area contributed by atoms with Gasteiger partial charge in [-0.05, 0) is 26.0 Å². The van der Waals surface area contributed by atoms with Crippen LogP contribution >= 0.6 is 0 Å². The zero-order valence-corrected chi connectivity index (χ0v) is 14.2. The van der Waals surface area contributed by atoms with Crippen molar-refractivity contribution in [3.05, 3.63) is 66.4 Å². The van der Waals surface area contributed by atoms with E-state index in [-0.39, 0.29) is 5.97 Å². The van der Waals surface area contributed by atoms with Gasteiger partial charge in [0.25, 0.3) is 0 Å². The zero-order chi connectivity index (χ0) is 17.7. The molecule has 0 aliphatic rings. The van der Waals surface area contributed by atoms with Gasteiger partial charge in [-0.25, -0.2) is 4.79 Å². The van der Waals surface area contributed by atoms with E-state index in [9.17, 15) is 4.79 Å². The highest BCUT2D eigenvalue weighted by molar-refractivity contribution is 6.09. The van der Waals surface area contributed by atoms with E-state index < -0.39 is 0 Å². The number of carbonyl (C=O) groups is 1. The lowest BCUT2D eigenvalue weighted by molar-refractivity contribution is -0.136. The Bertz CT molecular complexity index is 862. The molecule has 24 heavy (non-hydrogen) atoms. The minimum absolute atomic E-state index is 0.366. The monoisotopic (exact) mass is 322 g/mol. The van der Waals surface area contributed by atoms with E-state index in [1.807, 2.05) is 6.20 Å². The first kappa shape index (κ1) is 17.3. The molecular weight excluding hydrogens is 300 g/mol. The van der Waals surface area contributed by atoms with Crippen LogP contribution in [0.25, 0.3) is 28.0 Å². The summed E-state index contributed by atoms with van der Waals surface area (Å²) in [6.45, 7) is 7.15. The quantitative estimate of drug-likeness (QED) is 0.565. The fourth-order valence-electron chi connectivity index (χ4n) is 2.46. The third-order valence-corrected chi connectivity index (χ3v) is 3.88. The predicted octanol–water partition coefficient (Wildman–Crippen LogP) is 4.31. The van der Waals surface area contributed by atoms with Gasteiger partial charge in [0.05, 0.1) is 23.7 Å². The van der Waals surface area contributed by atoms with Gasteiger partial charge in [-0.15, -0.1) is 0 Å². The molecule has 0 radical (unpaired) electrons. The smallest absolute Gasteiger partial charge is 0.335 e. The molecule has 1 heterocycles. The summed E-state index contributed by atoms with van der Waals surface area (Å²) < 4.78 is 6.53. The van der Waals surface area contributed by atoms with Crippen molar-refractivity contribution in [2.75, 3.05) is 7.11 Å². The fraction of sp³-hybridized carbons (Fsp3) is 0.150. The summed E-state index contributed by atoms with van der Waals surface area (Å²) in [6, 6.07) is 16.8. The van der Waals surface area contributed by atoms with E-state index in [2.05, 4.69) is 64.4 Å². The third kappa shape index (κ3) is 3.33. The molecule has 0 spiro atoms. The van der Waals surface area contributed by atoms with Crippen LogP contribution in [-0.4, -0.2) is 17.6 Å². The number of nitrogens with two attached hydrogens (primary N) is 1. The van der Waals surface area contributed by atoms with Gasteiger partial charge in [0, 0.05) is 22.7 Å². The lowest BCUT2D eigenvalue weighted by atomic mass is 10.2. The number of allylic oxidation sites excluding steroid dienone is 1. The first-order valence-corrected chi connectivity index (χ1v) is 7.62. The maximum Gasteiger partial charge on any atom is 0.335 e. The van der Waals surface area contributed by atoms with Gasteiger partial charge in [0.1, 0.15) is 0 Å². The number of hydrogen-bond acceptors (Lipinski definition) is 3. The number of aromatic nitrogens is 1. The second kappa shape index (κ2) is 7.51. The minimum atomic E-state index is -0.366. The highest BCUT2D eigenvalue weighted by Gasteiger charge is 2.06. The molecule has 3 rings (SSSR count). The first-order chi connectivity index (χ1) is 11.5. The van der Waals surface area contributed by atoms with Crippen LogP contribution < -0.4 is 5.73 Å². The Morgan fingerprint density at radius 1 is 1.04 bits per heavy atom. The normalized spacial score (nSPS) is 11.5. The molecule has 124 valence electrons. The number of rotatable bonds is 2. The Kier molecular flexibility index (Phi) is 5.42. The van der Waals surface area contributed by atoms with Gasteiger partial charge in [-0.1, -0.05) is 43.0 Å². The van der Waals surface area contributed by atoms with E-state index in [0.29, 0.717) is 11.3 Å². The molecule has 0 aliphatic carbocycles. The van der Waals surface area contributed by atoms with Gasteiger partial charge in [-0.2, -0.15) is 0 Å². The summed E-state index contributed by atoms with van der Waals surface area (Å²) in [5.41, 5.74) is 8.70. The van der Waals surface area contributed by atoms with Crippen molar-refractivity contribution in [1.82, 2.24) is 4.57 Å². The lowest BCUT2D eigenvalue weighted by Crippen LogP contribution is -2.07. The van der Waals surface area contributed by atoms with E-state index in [4.69, 9.17) is 5.73 Å². The van der Waals surface area contributed by atoms with Gasteiger partial charge in [0.2, 0.25) is 0 Å². The number of para-hydroxylation sites is 2. The van der Waals surface area contributed by atoms with Crippen molar-refractivity contribution in [2.45, 2.75) is 13.8 Å². The molecule has 0 unspecified atom stereocenters. The Balaban J connectivity index is 0.000000202. The number of hydrogen-bond donors (Lipinski definition) is 1. The van der Waals surface area contributed by atoms with Crippen molar-refractivity contribution in [2.24, 2.45) is 5.73 Å². The van der Waals surface area contributed by atoms with Crippen LogP contribution in [0.2, 0.25) is 0 Å². The van der Waals surface area contributed by atoms with E-state index in [1.165, 1.54) is 28.9 Å². The van der Waals surface area contributed by atoms with Crippen molar-refractivity contribution in [1.29, 1.82) is 0 Å². The highest BCUT2D eigenvalue weighted by Crippen LogP contribution is 2.28. The van der Waals surface area contributed by atoms with Crippen molar-refractivity contribution in [3.63, 3.8) is 0 Å². The lowest BCUT2D eigenvalue weighted by Gasteiger charge is -1.98. The maximum absolute atomic E-state index is 10.6. The molecule has 1 aromatic heterocycles. The van der Waals surface area contributed by atoms with Crippen LogP contribution in [0, 0.1) is 0 Å².